The van der Waals surface area contributed by atoms with Gasteiger partial charge in [0.1, 0.15) is 0 Å². The zero-order chi connectivity index (χ0) is 18.1. The van der Waals surface area contributed by atoms with Crippen molar-refractivity contribution in [3.8, 4) is 0 Å². The second-order valence-corrected chi connectivity index (χ2v) is 17.5. The van der Waals surface area contributed by atoms with Gasteiger partial charge in [0.15, 0.2) is 0 Å². The molecule has 0 saturated heterocycles. The third-order valence-corrected chi connectivity index (χ3v) is 9.04. The van der Waals surface area contributed by atoms with Gasteiger partial charge in [0.2, 0.25) is 0 Å². The van der Waals surface area contributed by atoms with Crippen molar-refractivity contribution in [1.29, 1.82) is 0 Å². The Labute approximate surface area is 185 Å². The second-order valence-electron chi connectivity index (χ2n) is 4.79. The molecule has 9 heteroatoms. The molecular formula is C15H8Cl8Zr. The van der Waals surface area contributed by atoms with E-state index >= 15 is 0 Å². The van der Waals surface area contributed by atoms with E-state index in [0.29, 0.717) is 11.1 Å². The molecule has 0 N–H and O–H groups in total. The predicted molar refractivity (Wildman–Crippen MR) is 106 cm³/mol. The Balaban J connectivity index is 2.60. The summed E-state index contributed by atoms with van der Waals surface area (Å²) in [7, 11) is 12.7. The molecule has 2 aromatic rings. The fourth-order valence-corrected chi connectivity index (χ4v) is 7.21. The number of hydrogen-bond donors (Lipinski definition) is 0. The molecule has 0 aliphatic carbocycles. The number of halogens is 8. The molecule has 0 aromatic heterocycles. The Morgan fingerprint density at radius 1 is 0.667 bits per heavy atom. The van der Waals surface area contributed by atoms with Crippen LogP contribution in [0.3, 0.4) is 0 Å². The van der Waals surface area contributed by atoms with Gasteiger partial charge in [-0.3, -0.25) is 0 Å². The zero-order valence-electron chi connectivity index (χ0n) is 11.6. The first-order valence-corrected chi connectivity index (χ1v) is 16.2. The number of rotatable bonds is 2. The van der Waals surface area contributed by atoms with Crippen molar-refractivity contribution in [2.45, 2.75) is 7.59 Å². The van der Waals surface area contributed by atoms with Crippen molar-refractivity contribution in [2.75, 3.05) is 0 Å². The Morgan fingerprint density at radius 2 is 1.04 bits per heavy atom. The van der Waals surface area contributed by atoms with Crippen LogP contribution in [0.2, 0.25) is 0 Å². The maximum absolute atomic E-state index is 6.37. The van der Waals surface area contributed by atoms with Crippen molar-refractivity contribution in [3.05, 3.63) is 70.8 Å². The molecule has 0 heterocycles. The van der Waals surface area contributed by atoms with Gasteiger partial charge in [-0.05, 0) is 0 Å². The first-order valence-electron chi connectivity index (χ1n) is 6.40. The van der Waals surface area contributed by atoms with Gasteiger partial charge in [0.25, 0.3) is 0 Å². The van der Waals surface area contributed by atoms with Gasteiger partial charge in [-0.1, -0.05) is 0 Å². The van der Waals surface area contributed by atoms with Crippen LogP contribution in [0, 0.1) is 0 Å². The first-order chi connectivity index (χ1) is 11.0. The van der Waals surface area contributed by atoms with Crippen LogP contribution in [0.4, 0.5) is 0 Å². The summed E-state index contributed by atoms with van der Waals surface area (Å²) in [5.74, 6) is 0. The summed E-state index contributed by atoms with van der Waals surface area (Å²) in [4.78, 5) is 0. The molecule has 0 spiro atoms. The van der Waals surface area contributed by atoms with E-state index in [1.807, 2.05) is 12.1 Å². The Morgan fingerprint density at radius 3 is 1.33 bits per heavy atom. The van der Waals surface area contributed by atoms with Crippen LogP contribution < -0.4 is 0 Å². The molecule has 0 aliphatic rings. The van der Waals surface area contributed by atoms with E-state index in [1.54, 1.807) is 36.4 Å². The van der Waals surface area contributed by atoms with E-state index in [2.05, 4.69) is 0 Å². The monoisotopic (exact) mass is 558 g/mol. The molecule has 0 atom stereocenters. The van der Waals surface area contributed by atoms with Crippen LogP contribution in [-0.2, 0) is 26.5 Å². The second kappa shape index (κ2) is 8.68. The topological polar surface area (TPSA) is 0 Å². The minimum absolute atomic E-state index is 0.526. The molecule has 0 saturated carbocycles. The summed E-state index contributed by atoms with van der Waals surface area (Å²) in [5.41, 5.74) is 2.63. The Bertz CT molecular complexity index is 710. The standard InChI is InChI=1S/C15H8Cl6.2ClH.Zr/c16-14(17,18)12-5-1-3-10(8-12)7-11-4-2-6-13(9-11)15(19,20)21;;;/h1-6,8-9H;2*1H;/q;;;+2/p-2. The van der Waals surface area contributed by atoms with E-state index in [-0.39, 0.29) is 0 Å². The molecule has 0 radical (unpaired) electrons. The van der Waals surface area contributed by atoms with Crippen molar-refractivity contribution in [2.24, 2.45) is 0 Å². The van der Waals surface area contributed by atoms with Crippen molar-refractivity contribution in [3.63, 3.8) is 0 Å². The van der Waals surface area contributed by atoms with E-state index in [0.717, 1.165) is 14.3 Å². The molecule has 0 unspecified atom stereocenters. The van der Waals surface area contributed by atoms with E-state index in [4.69, 9.17) is 86.6 Å². The number of alkyl halides is 6. The third-order valence-electron chi connectivity index (χ3n) is 3.15. The van der Waals surface area contributed by atoms with Gasteiger partial charge in [-0.15, -0.1) is 0 Å². The molecule has 0 fully saturated rings. The fourth-order valence-electron chi connectivity index (χ4n) is 2.09. The molecule has 0 aliphatic heterocycles. The summed E-state index contributed by atoms with van der Waals surface area (Å²) < 4.78 is -2.27. The van der Waals surface area contributed by atoms with Crippen LogP contribution in [0.5, 0.6) is 0 Å². The normalized spacial score (nSPS) is 12.2. The minimum atomic E-state index is -2.89. The molecule has 0 nitrogen and oxygen atoms in total. The van der Waals surface area contributed by atoms with Gasteiger partial charge in [-0.2, -0.15) is 0 Å². The maximum atomic E-state index is 6.37. The van der Waals surface area contributed by atoms with Gasteiger partial charge in [0.05, 0.1) is 0 Å². The van der Waals surface area contributed by atoms with Crippen molar-refractivity contribution >= 4 is 89.8 Å². The van der Waals surface area contributed by atoms with Crippen LogP contribution >= 0.6 is 86.6 Å². The van der Waals surface area contributed by atoms with E-state index in [9.17, 15) is 0 Å². The van der Waals surface area contributed by atoms with Crippen LogP contribution in [0.1, 0.15) is 22.3 Å². The third kappa shape index (κ3) is 5.75. The SMILES string of the molecule is [Cl][Zr]([Cl])=[C](c1cccc(C(Cl)(Cl)Cl)c1)c1cccc(C(Cl)(Cl)Cl)c1. The first kappa shape index (κ1) is 21.8. The molecule has 0 amide bonds. The van der Waals surface area contributed by atoms with E-state index in [1.165, 1.54) is 0 Å². The number of hydrogen-bond acceptors (Lipinski definition) is 0. The summed E-state index contributed by atoms with van der Waals surface area (Å²) in [5, 5.41) is 0. The summed E-state index contributed by atoms with van der Waals surface area (Å²) in [6, 6.07) is 14.3. The van der Waals surface area contributed by atoms with Crippen LogP contribution in [-0.4, -0.2) is 3.21 Å². The molecule has 2 rings (SSSR count). The van der Waals surface area contributed by atoms with Gasteiger partial charge in [-0.25, -0.2) is 0 Å². The Kier molecular flexibility index (Phi) is 7.89. The van der Waals surface area contributed by atoms with E-state index < -0.39 is 26.5 Å². The molecule has 0 bridgehead atoms. The summed E-state index contributed by atoms with van der Waals surface area (Å²) >= 11 is 32.9. The van der Waals surface area contributed by atoms with Gasteiger partial charge >= 0.3 is 187 Å². The van der Waals surface area contributed by atoms with Gasteiger partial charge < -0.3 is 0 Å². The predicted octanol–water partition coefficient (Wildman–Crippen LogP) is 7.83. The van der Waals surface area contributed by atoms with Crippen LogP contribution in [0.15, 0.2) is 48.5 Å². The fraction of sp³-hybridized carbons (Fsp3) is 0.133. The molecule has 24 heavy (non-hydrogen) atoms. The summed E-state index contributed by atoms with van der Waals surface area (Å²) in [6.45, 7) is 0. The average molecular weight is 563 g/mol. The zero-order valence-corrected chi connectivity index (χ0v) is 20.1. The molecule has 128 valence electrons. The average Bonchev–Trinajstić information content (AvgIpc) is 2.46. The number of benzene rings is 2. The van der Waals surface area contributed by atoms with Crippen molar-refractivity contribution < 1.29 is 18.9 Å². The summed E-state index contributed by atoms with van der Waals surface area (Å²) in [6.07, 6.45) is 0. The van der Waals surface area contributed by atoms with Crippen LogP contribution in [0.25, 0.3) is 0 Å². The molecule has 2 aromatic carbocycles. The molecular weight excluding hydrogens is 555 g/mol. The van der Waals surface area contributed by atoms with Gasteiger partial charge in [0, 0.05) is 0 Å². The Hall–Kier alpha value is 1.51. The quantitative estimate of drug-likeness (QED) is 0.327. The van der Waals surface area contributed by atoms with Crippen molar-refractivity contribution in [1.82, 2.24) is 0 Å².